The van der Waals surface area contributed by atoms with Crippen LogP contribution in [0.3, 0.4) is 0 Å². The van der Waals surface area contributed by atoms with E-state index in [2.05, 4.69) is 35.2 Å². The van der Waals surface area contributed by atoms with E-state index in [9.17, 15) is 0 Å². The molecule has 1 aromatic carbocycles. The van der Waals surface area contributed by atoms with Gasteiger partial charge in [-0.05, 0) is 11.1 Å². The van der Waals surface area contributed by atoms with E-state index < -0.39 is 0 Å². The van der Waals surface area contributed by atoms with Crippen LogP contribution in [-0.2, 0) is 13.1 Å². The van der Waals surface area contributed by atoms with Gasteiger partial charge in [0.25, 0.3) is 0 Å². The molecular weight excluding hydrogens is 172 g/mol. The number of hydrogen-bond acceptors (Lipinski definition) is 2. The van der Waals surface area contributed by atoms with E-state index in [1.54, 1.807) is 0 Å². The minimum absolute atomic E-state index is 0.640. The van der Waals surface area contributed by atoms with Crippen molar-refractivity contribution < 1.29 is 0 Å². The standard InChI is InChI=1S/C12H16N2/c13-7-3-4-8-14-9-11-5-1-2-6-12(11)10-14/h1-6H,7-10,13H2. The molecule has 0 aliphatic carbocycles. The minimum Gasteiger partial charge on any atom is -0.327 e. The molecule has 1 aliphatic rings. The van der Waals surface area contributed by atoms with E-state index in [0.29, 0.717) is 6.54 Å². The van der Waals surface area contributed by atoms with Crippen LogP contribution < -0.4 is 5.73 Å². The van der Waals surface area contributed by atoms with Gasteiger partial charge in [0.1, 0.15) is 0 Å². The number of nitrogens with zero attached hydrogens (tertiary/aromatic N) is 1. The van der Waals surface area contributed by atoms with Gasteiger partial charge in [0.2, 0.25) is 0 Å². The molecule has 0 spiro atoms. The molecule has 2 N–H and O–H groups in total. The summed E-state index contributed by atoms with van der Waals surface area (Å²) in [6.07, 6.45) is 4.16. The monoisotopic (exact) mass is 188 g/mol. The Hall–Kier alpha value is -1.12. The summed E-state index contributed by atoms with van der Waals surface area (Å²) in [5.74, 6) is 0. The fourth-order valence-corrected chi connectivity index (χ4v) is 1.85. The van der Waals surface area contributed by atoms with Gasteiger partial charge in [-0.3, -0.25) is 4.90 Å². The van der Waals surface area contributed by atoms with Crippen molar-refractivity contribution >= 4 is 0 Å². The second-order valence-electron chi connectivity index (χ2n) is 3.65. The van der Waals surface area contributed by atoms with Crippen molar-refractivity contribution in [1.82, 2.24) is 4.90 Å². The maximum atomic E-state index is 5.39. The summed E-state index contributed by atoms with van der Waals surface area (Å²) in [7, 11) is 0. The van der Waals surface area contributed by atoms with Crippen LogP contribution in [0.1, 0.15) is 11.1 Å². The quantitative estimate of drug-likeness (QED) is 0.729. The first-order chi connectivity index (χ1) is 6.90. The molecule has 0 aromatic heterocycles. The molecule has 0 fully saturated rings. The van der Waals surface area contributed by atoms with Crippen molar-refractivity contribution in [1.29, 1.82) is 0 Å². The third kappa shape index (κ3) is 2.03. The van der Waals surface area contributed by atoms with E-state index in [-0.39, 0.29) is 0 Å². The lowest BCUT2D eigenvalue weighted by Gasteiger charge is -2.10. The first-order valence-electron chi connectivity index (χ1n) is 5.04. The molecule has 0 radical (unpaired) electrons. The van der Waals surface area contributed by atoms with Gasteiger partial charge in [-0.25, -0.2) is 0 Å². The summed E-state index contributed by atoms with van der Waals surface area (Å²) in [4.78, 5) is 2.41. The summed E-state index contributed by atoms with van der Waals surface area (Å²) < 4.78 is 0. The molecule has 1 aromatic rings. The molecule has 0 saturated heterocycles. The van der Waals surface area contributed by atoms with Crippen molar-refractivity contribution in [2.75, 3.05) is 13.1 Å². The molecule has 0 unspecified atom stereocenters. The zero-order chi connectivity index (χ0) is 9.80. The maximum Gasteiger partial charge on any atom is 0.0243 e. The third-order valence-electron chi connectivity index (χ3n) is 2.57. The first kappa shape index (κ1) is 9.44. The average molecular weight is 188 g/mol. The predicted molar refractivity (Wildman–Crippen MR) is 58.8 cm³/mol. The molecule has 1 heterocycles. The number of hydrogen-bond donors (Lipinski definition) is 1. The van der Waals surface area contributed by atoms with E-state index >= 15 is 0 Å². The Morgan fingerprint density at radius 1 is 1.14 bits per heavy atom. The van der Waals surface area contributed by atoms with Crippen LogP contribution in [0.15, 0.2) is 36.4 Å². The van der Waals surface area contributed by atoms with Crippen LogP contribution in [0.25, 0.3) is 0 Å². The van der Waals surface area contributed by atoms with Gasteiger partial charge < -0.3 is 5.73 Å². The maximum absolute atomic E-state index is 5.39. The highest BCUT2D eigenvalue weighted by Crippen LogP contribution is 2.21. The molecule has 0 saturated carbocycles. The molecule has 0 atom stereocenters. The Morgan fingerprint density at radius 3 is 2.36 bits per heavy atom. The van der Waals surface area contributed by atoms with Crippen LogP contribution >= 0.6 is 0 Å². The van der Waals surface area contributed by atoms with Crippen molar-refractivity contribution in [3.05, 3.63) is 47.5 Å². The van der Waals surface area contributed by atoms with Crippen molar-refractivity contribution in [2.45, 2.75) is 13.1 Å². The highest BCUT2D eigenvalue weighted by molar-refractivity contribution is 5.30. The van der Waals surface area contributed by atoms with E-state index in [1.807, 2.05) is 6.08 Å². The summed E-state index contributed by atoms with van der Waals surface area (Å²) in [5.41, 5.74) is 8.32. The van der Waals surface area contributed by atoms with Crippen LogP contribution in [0, 0.1) is 0 Å². The topological polar surface area (TPSA) is 29.3 Å². The van der Waals surface area contributed by atoms with Crippen molar-refractivity contribution in [3.8, 4) is 0 Å². The lowest BCUT2D eigenvalue weighted by molar-refractivity contribution is 0.316. The average Bonchev–Trinajstić information content (AvgIpc) is 2.60. The van der Waals surface area contributed by atoms with Gasteiger partial charge in [0.05, 0.1) is 0 Å². The second-order valence-corrected chi connectivity index (χ2v) is 3.65. The van der Waals surface area contributed by atoms with Crippen LogP contribution in [0.4, 0.5) is 0 Å². The summed E-state index contributed by atoms with van der Waals surface area (Å²) >= 11 is 0. The Kier molecular flexibility index (Phi) is 2.96. The lowest BCUT2D eigenvalue weighted by atomic mass is 10.1. The Balaban J connectivity index is 1.95. The van der Waals surface area contributed by atoms with Gasteiger partial charge >= 0.3 is 0 Å². The first-order valence-corrected chi connectivity index (χ1v) is 5.04. The molecule has 14 heavy (non-hydrogen) atoms. The zero-order valence-electron chi connectivity index (χ0n) is 8.32. The van der Waals surface area contributed by atoms with Gasteiger partial charge in [0.15, 0.2) is 0 Å². The smallest absolute Gasteiger partial charge is 0.0243 e. The van der Waals surface area contributed by atoms with Gasteiger partial charge in [-0.15, -0.1) is 0 Å². The Bertz CT molecular complexity index is 306. The largest absolute Gasteiger partial charge is 0.327 e. The molecule has 2 rings (SSSR count). The molecule has 74 valence electrons. The summed E-state index contributed by atoms with van der Waals surface area (Å²) in [5, 5.41) is 0. The number of fused-ring (bicyclic) bond motifs is 1. The summed E-state index contributed by atoms with van der Waals surface area (Å²) in [6.45, 7) is 3.79. The molecule has 1 aliphatic heterocycles. The van der Waals surface area contributed by atoms with Gasteiger partial charge in [0, 0.05) is 26.2 Å². The summed E-state index contributed by atoms with van der Waals surface area (Å²) in [6, 6.07) is 8.64. The lowest BCUT2D eigenvalue weighted by Crippen LogP contribution is -2.16. The highest BCUT2D eigenvalue weighted by atomic mass is 15.1. The number of benzene rings is 1. The van der Waals surface area contributed by atoms with Crippen molar-refractivity contribution in [2.24, 2.45) is 5.73 Å². The SMILES string of the molecule is NCC=CCN1Cc2ccccc2C1. The third-order valence-corrected chi connectivity index (χ3v) is 2.57. The van der Waals surface area contributed by atoms with Gasteiger partial charge in [-0.1, -0.05) is 36.4 Å². The van der Waals surface area contributed by atoms with E-state index in [4.69, 9.17) is 5.73 Å². The second kappa shape index (κ2) is 4.40. The molecular formula is C12H16N2. The minimum atomic E-state index is 0.640. The van der Waals surface area contributed by atoms with E-state index in [0.717, 1.165) is 19.6 Å². The van der Waals surface area contributed by atoms with Crippen LogP contribution in [-0.4, -0.2) is 18.0 Å². The fraction of sp³-hybridized carbons (Fsp3) is 0.333. The number of nitrogens with two attached hydrogens (primary N) is 1. The fourth-order valence-electron chi connectivity index (χ4n) is 1.85. The molecule has 0 bridgehead atoms. The van der Waals surface area contributed by atoms with Gasteiger partial charge in [-0.2, -0.15) is 0 Å². The zero-order valence-corrected chi connectivity index (χ0v) is 8.32. The van der Waals surface area contributed by atoms with E-state index in [1.165, 1.54) is 11.1 Å². The molecule has 2 heteroatoms. The molecule has 2 nitrogen and oxygen atoms in total. The Labute approximate surface area is 85.0 Å². The molecule has 0 amide bonds. The normalized spacial score (nSPS) is 16.4. The highest BCUT2D eigenvalue weighted by Gasteiger charge is 2.16. The van der Waals surface area contributed by atoms with Crippen molar-refractivity contribution in [3.63, 3.8) is 0 Å². The van der Waals surface area contributed by atoms with Crippen LogP contribution in [0.5, 0.6) is 0 Å². The predicted octanol–water partition coefficient (Wildman–Crippen LogP) is 1.52. The Morgan fingerprint density at radius 2 is 1.79 bits per heavy atom. The van der Waals surface area contributed by atoms with Crippen LogP contribution in [0.2, 0.25) is 0 Å². The number of rotatable bonds is 3.